The van der Waals surface area contributed by atoms with Crippen LogP contribution in [0.1, 0.15) is 6.92 Å². The molecule has 0 aliphatic carbocycles. The molecular weight excluding hydrogens is 296 g/mol. The maximum Gasteiger partial charge on any atom is 0.160 e. The van der Waals surface area contributed by atoms with E-state index >= 15 is 0 Å². The quantitative estimate of drug-likeness (QED) is 0.943. The number of nitrogens with zero attached hydrogens (tertiary/aromatic N) is 2. The Kier molecular flexibility index (Phi) is 4.28. The van der Waals surface area contributed by atoms with Crippen LogP contribution in [0, 0.1) is 0 Å². The summed E-state index contributed by atoms with van der Waals surface area (Å²) in [5.41, 5.74) is 0.930. The van der Waals surface area contributed by atoms with Crippen molar-refractivity contribution in [3.63, 3.8) is 0 Å². The van der Waals surface area contributed by atoms with Crippen molar-refractivity contribution >= 4 is 15.9 Å². The van der Waals surface area contributed by atoms with Crippen molar-refractivity contribution in [3.05, 3.63) is 41.1 Å². The van der Waals surface area contributed by atoms with Gasteiger partial charge in [0.05, 0.1) is 18.5 Å². The molecule has 1 aromatic carbocycles. The fourth-order valence-electron chi connectivity index (χ4n) is 1.39. The number of hydrogen-bond donors (Lipinski definition) is 1. The fourth-order valence-corrected chi connectivity index (χ4v) is 1.85. The van der Waals surface area contributed by atoms with E-state index in [-0.39, 0.29) is 6.61 Å². The van der Waals surface area contributed by atoms with E-state index < -0.39 is 6.10 Å². The summed E-state index contributed by atoms with van der Waals surface area (Å²) in [5.74, 6) is 1.18. The highest BCUT2D eigenvalue weighted by atomic mass is 79.9. The molecule has 1 atom stereocenters. The van der Waals surface area contributed by atoms with Crippen LogP contribution in [0.3, 0.4) is 0 Å². The molecule has 5 heteroatoms. The van der Waals surface area contributed by atoms with Gasteiger partial charge in [-0.15, -0.1) is 0 Å². The van der Waals surface area contributed by atoms with Crippen LogP contribution in [0.2, 0.25) is 0 Å². The lowest BCUT2D eigenvalue weighted by Crippen LogP contribution is -2.13. The molecule has 1 unspecified atom stereocenters. The van der Waals surface area contributed by atoms with Gasteiger partial charge in [0.2, 0.25) is 0 Å². The minimum Gasteiger partial charge on any atom is -0.488 e. The van der Waals surface area contributed by atoms with Crippen LogP contribution < -0.4 is 4.74 Å². The first-order valence-corrected chi connectivity index (χ1v) is 6.34. The lowest BCUT2D eigenvalue weighted by atomic mass is 10.2. The molecule has 1 aromatic heterocycles. The van der Waals surface area contributed by atoms with Crippen molar-refractivity contribution < 1.29 is 9.84 Å². The van der Waals surface area contributed by atoms with Crippen molar-refractivity contribution in [2.45, 2.75) is 13.0 Å². The van der Waals surface area contributed by atoms with Gasteiger partial charge < -0.3 is 9.84 Å². The molecule has 4 nitrogen and oxygen atoms in total. The van der Waals surface area contributed by atoms with Crippen molar-refractivity contribution in [2.24, 2.45) is 0 Å². The summed E-state index contributed by atoms with van der Waals surface area (Å²) in [7, 11) is 0. The Morgan fingerprint density at radius 2 is 1.94 bits per heavy atom. The van der Waals surface area contributed by atoms with Crippen LogP contribution in [0.4, 0.5) is 0 Å². The van der Waals surface area contributed by atoms with Gasteiger partial charge in [-0.25, -0.2) is 9.97 Å². The van der Waals surface area contributed by atoms with Crippen molar-refractivity contribution in [3.8, 4) is 17.1 Å². The number of halogens is 1. The Bertz CT molecular complexity index is 515. The van der Waals surface area contributed by atoms with Crippen LogP contribution in [-0.4, -0.2) is 27.8 Å². The average Bonchev–Trinajstić information content (AvgIpc) is 2.38. The van der Waals surface area contributed by atoms with E-state index in [1.807, 2.05) is 24.3 Å². The molecule has 0 aliphatic rings. The first-order valence-electron chi connectivity index (χ1n) is 5.54. The highest BCUT2D eigenvalue weighted by molar-refractivity contribution is 9.10. The van der Waals surface area contributed by atoms with Gasteiger partial charge in [-0.2, -0.15) is 0 Å². The van der Waals surface area contributed by atoms with Crippen LogP contribution in [0.25, 0.3) is 11.4 Å². The summed E-state index contributed by atoms with van der Waals surface area (Å²) >= 11 is 3.46. The largest absolute Gasteiger partial charge is 0.488 e. The van der Waals surface area contributed by atoms with Crippen LogP contribution in [-0.2, 0) is 0 Å². The Hall–Kier alpha value is -1.46. The molecule has 1 N–H and O–H groups in total. The topological polar surface area (TPSA) is 55.2 Å². The van der Waals surface area contributed by atoms with Gasteiger partial charge in [0, 0.05) is 10.0 Å². The summed E-state index contributed by atoms with van der Waals surface area (Å²) in [6.45, 7) is 1.90. The molecule has 18 heavy (non-hydrogen) atoms. The van der Waals surface area contributed by atoms with Crippen LogP contribution in [0.15, 0.2) is 41.1 Å². The number of hydrogen-bond acceptors (Lipinski definition) is 4. The van der Waals surface area contributed by atoms with E-state index in [1.165, 1.54) is 0 Å². The fraction of sp³-hybridized carbons (Fsp3) is 0.231. The van der Waals surface area contributed by atoms with Gasteiger partial charge >= 0.3 is 0 Å². The molecule has 0 radical (unpaired) electrons. The SMILES string of the molecule is CC(O)COc1cnc(-c2ccccc2Br)nc1. The van der Waals surface area contributed by atoms with Gasteiger partial charge in [-0.3, -0.25) is 0 Å². The Morgan fingerprint density at radius 3 is 2.56 bits per heavy atom. The van der Waals surface area contributed by atoms with Crippen molar-refractivity contribution in [1.29, 1.82) is 0 Å². The van der Waals surface area contributed by atoms with Gasteiger partial charge in [0.15, 0.2) is 11.6 Å². The number of aliphatic hydroxyl groups excluding tert-OH is 1. The summed E-state index contributed by atoms with van der Waals surface area (Å²) in [5, 5.41) is 9.11. The number of benzene rings is 1. The van der Waals surface area contributed by atoms with Crippen molar-refractivity contribution in [2.75, 3.05) is 6.61 Å². The van der Waals surface area contributed by atoms with Gasteiger partial charge in [0.25, 0.3) is 0 Å². The monoisotopic (exact) mass is 308 g/mol. The molecule has 0 fully saturated rings. The minimum absolute atomic E-state index is 0.234. The third-order valence-electron chi connectivity index (χ3n) is 2.23. The van der Waals surface area contributed by atoms with E-state index in [0.717, 1.165) is 10.0 Å². The zero-order valence-electron chi connectivity index (χ0n) is 9.88. The third kappa shape index (κ3) is 3.27. The second kappa shape index (κ2) is 5.93. The molecule has 0 saturated carbocycles. The molecule has 0 bridgehead atoms. The summed E-state index contributed by atoms with van der Waals surface area (Å²) in [4.78, 5) is 8.48. The lowest BCUT2D eigenvalue weighted by molar-refractivity contribution is 0.122. The Labute approximate surface area is 114 Å². The van der Waals surface area contributed by atoms with E-state index in [9.17, 15) is 0 Å². The molecule has 0 spiro atoms. The third-order valence-corrected chi connectivity index (χ3v) is 2.93. The second-order valence-electron chi connectivity index (χ2n) is 3.88. The number of ether oxygens (including phenoxy) is 1. The second-order valence-corrected chi connectivity index (χ2v) is 4.74. The van der Waals surface area contributed by atoms with Gasteiger partial charge in [0.1, 0.15) is 6.61 Å². The first kappa shape index (κ1) is 13.0. The van der Waals surface area contributed by atoms with Crippen LogP contribution >= 0.6 is 15.9 Å². The zero-order chi connectivity index (χ0) is 13.0. The average molecular weight is 309 g/mol. The standard InChI is InChI=1S/C13H13BrN2O2/c1-9(17)8-18-10-6-15-13(16-7-10)11-4-2-3-5-12(11)14/h2-7,9,17H,8H2,1H3. The molecule has 0 amide bonds. The smallest absolute Gasteiger partial charge is 0.160 e. The minimum atomic E-state index is -0.507. The van der Waals surface area contributed by atoms with Crippen molar-refractivity contribution in [1.82, 2.24) is 9.97 Å². The van der Waals surface area contributed by atoms with E-state index in [1.54, 1.807) is 19.3 Å². The van der Waals surface area contributed by atoms with E-state index in [4.69, 9.17) is 9.84 Å². The molecule has 2 rings (SSSR count). The Morgan fingerprint density at radius 1 is 1.28 bits per heavy atom. The molecular formula is C13H13BrN2O2. The van der Waals surface area contributed by atoms with E-state index in [0.29, 0.717) is 11.6 Å². The number of aliphatic hydroxyl groups is 1. The molecule has 0 aliphatic heterocycles. The maximum absolute atomic E-state index is 9.11. The maximum atomic E-state index is 9.11. The predicted octanol–water partition coefficient (Wildman–Crippen LogP) is 2.67. The molecule has 2 aromatic rings. The molecule has 94 valence electrons. The highest BCUT2D eigenvalue weighted by Gasteiger charge is 2.06. The number of aromatic nitrogens is 2. The predicted molar refractivity (Wildman–Crippen MR) is 72.3 cm³/mol. The van der Waals surface area contributed by atoms with E-state index in [2.05, 4.69) is 25.9 Å². The molecule has 1 heterocycles. The van der Waals surface area contributed by atoms with Gasteiger partial charge in [-0.05, 0) is 13.0 Å². The summed E-state index contributed by atoms with van der Waals surface area (Å²) in [6.07, 6.45) is 2.70. The molecule has 0 saturated heterocycles. The van der Waals surface area contributed by atoms with Gasteiger partial charge in [-0.1, -0.05) is 34.1 Å². The first-order chi connectivity index (χ1) is 8.66. The highest BCUT2D eigenvalue weighted by Crippen LogP contribution is 2.25. The summed E-state index contributed by atoms with van der Waals surface area (Å²) in [6, 6.07) is 7.75. The summed E-state index contributed by atoms with van der Waals surface area (Å²) < 4.78 is 6.25. The zero-order valence-corrected chi connectivity index (χ0v) is 11.5. The van der Waals surface area contributed by atoms with Crippen LogP contribution in [0.5, 0.6) is 5.75 Å². The normalized spacial score (nSPS) is 12.2. The number of rotatable bonds is 4. The lowest BCUT2D eigenvalue weighted by Gasteiger charge is -2.08. The Balaban J connectivity index is 2.15.